The molecule has 28 heavy (non-hydrogen) atoms. The van der Waals surface area contributed by atoms with E-state index in [0.717, 1.165) is 12.0 Å². The minimum Gasteiger partial charge on any atom is -0.493 e. The molecule has 1 unspecified atom stereocenters. The van der Waals surface area contributed by atoms with Crippen molar-refractivity contribution < 1.29 is 28.5 Å². The van der Waals surface area contributed by atoms with Crippen LogP contribution >= 0.6 is 0 Å². The second-order valence-corrected chi connectivity index (χ2v) is 6.58. The Labute approximate surface area is 166 Å². The SMILES string of the molecule is CC/C=C(\C)C(=O)N1CCOC(COc2c(C(C)=O)ccc(OC)c2OC)C1. The van der Waals surface area contributed by atoms with Gasteiger partial charge in [0.25, 0.3) is 0 Å². The number of carbonyl (C=O) groups excluding carboxylic acids is 2. The summed E-state index contributed by atoms with van der Waals surface area (Å²) in [5.74, 6) is 1.03. The van der Waals surface area contributed by atoms with E-state index < -0.39 is 0 Å². The van der Waals surface area contributed by atoms with E-state index in [2.05, 4.69) is 0 Å². The summed E-state index contributed by atoms with van der Waals surface area (Å²) in [4.78, 5) is 26.3. The van der Waals surface area contributed by atoms with Crippen LogP contribution in [0.5, 0.6) is 17.2 Å². The molecule has 0 aromatic heterocycles. The smallest absolute Gasteiger partial charge is 0.249 e. The third-order valence-electron chi connectivity index (χ3n) is 4.57. The van der Waals surface area contributed by atoms with Crippen LogP contribution in [0.25, 0.3) is 0 Å². The summed E-state index contributed by atoms with van der Waals surface area (Å²) in [6.45, 7) is 6.89. The van der Waals surface area contributed by atoms with Gasteiger partial charge in [-0.1, -0.05) is 13.0 Å². The van der Waals surface area contributed by atoms with Gasteiger partial charge in [-0.25, -0.2) is 0 Å². The maximum absolute atomic E-state index is 12.5. The number of nitrogens with zero attached hydrogens (tertiary/aromatic N) is 1. The van der Waals surface area contributed by atoms with Crippen LogP contribution < -0.4 is 14.2 Å². The average Bonchev–Trinajstić information content (AvgIpc) is 2.70. The topological polar surface area (TPSA) is 74.3 Å². The number of benzene rings is 1. The molecule has 0 radical (unpaired) electrons. The fraction of sp³-hybridized carbons (Fsp3) is 0.524. The number of Topliss-reactive ketones (excluding diaryl/α,β-unsaturated/α-hetero) is 1. The lowest BCUT2D eigenvalue weighted by Crippen LogP contribution is -2.47. The van der Waals surface area contributed by atoms with E-state index in [1.54, 1.807) is 17.0 Å². The van der Waals surface area contributed by atoms with Crippen LogP contribution in [0.15, 0.2) is 23.8 Å². The maximum Gasteiger partial charge on any atom is 0.249 e. The summed E-state index contributed by atoms with van der Waals surface area (Å²) >= 11 is 0. The molecule has 0 aliphatic carbocycles. The maximum atomic E-state index is 12.5. The van der Waals surface area contributed by atoms with Gasteiger partial charge in [0.2, 0.25) is 11.7 Å². The minimum atomic E-state index is -0.303. The van der Waals surface area contributed by atoms with Gasteiger partial charge >= 0.3 is 0 Å². The molecule has 0 bridgehead atoms. The summed E-state index contributed by atoms with van der Waals surface area (Å²) in [6.07, 6.45) is 2.43. The Balaban J connectivity index is 2.14. The molecule has 1 fully saturated rings. The zero-order valence-corrected chi connectivity index (χ0v) is 17.2. The van der Waals surface area contributed by atoms with Crippen LogP contribution in [-0.2, 0) is 9.53 Å². The number of amides is 1. The van der Waals surface area contributed by atoms with Crippen LogP contribution in [0.4, 0.5) is 0 Å². The first-order chi connectivity index (χ1) is 13.4. The van der Waals surface area contributed by atoms with E-state index in [0.29, 0.717) is 42.5 Å². The molecule has 1 saturated heterocycles. The fourth-order valence-corrected chi connectivity index (χ4v) is 3.14. The first-order valence-corrected chi connectivity index (χ1v) is 9.39. The predicted molar refractivity (Wildman–Crippen MR) is 105 cm³/mol. The van der Waals surface area contributed by atoms with E-state index in [9.17, 15) is 9.59 Å². The third-order valence-corrected chi connectivity index (χ3v) is 4.57. The summed E-state index contributed by atoms with van der Waals surface area (Å²) < 4.78 is 22.4. The molecule has 1 atom stereocenters. The summed E-state index contributed by atoms with van der Waals surface area (Å²) in [7, 11) is 3.02. The van der Waals surface area contributed by atoms with Gasteiger partial charge in [0.15, 0.2) is 17.3 Å². The summed E-state index contributed by atoms with van der Waals surface area (Å²) in [5, 5.41) is 0. The predicted octanol–water partition coefficient (Wildman–Crippen LogP) is 2.87. The minimum absolute atomic E-state index is 0.0125. The summed E-state index contributed by atoms with van der Waals surface area (Å²) in [5.41, 5.74) is 1.14. The molecule has 1 aromatic rings. The zero-order valence-electron chi connectivity index (χ0n) is 17.2. The van der Waals surface area contributed by atoms with Crippen molar-refractivity contribution >= 4 is 11.7 Å². The van der Waals surface area contributed by atoms with E-state index >= 15 is 0 Å². The standard InChI is InChI=1S/C21H29NO6/c1-6-7-14(2)21(24)22-10-11-27-16(12-22)13-28-19-17(15(3)23)8-9-18(25-4)20(19)26-5/h7-9,16H,6,10-13H2,1-5H3/b14-7+. The Morgan fingerprint density at radius 1 is 1.21 bits per heavy atom. The molecule has 1 heterocycles. The molecule has 2 rings (SSSR count). The highest BCUT2D eigenvalue weighted by molar-refractivity contribution is 5.98. The molecular weight excluding hydrogens is 362 g/mol. The Bertz CT molecular complexity index is 743. The van der Waals surface area contributed by atoms with Crippen LogP contribution in [0.3, 0.4) is 0 Å². The molecule has 1 aromatic carbocycles. The Hall–Kier alpha value is -2.54. The molecule has 0 saturated carbocycles. The molecule has 0 spiro atoms. The molecule has 1 amide bonds. The monoisotopic (exact) mass is 391 g/mol. The van der Waals surface area contributed by atoms with Crippen LogP contribution in [0.1, 0.15) is 37.6 Å². The number of ketones is 1. The van der Waals surface area contributed by atoms with Gasteiger partial charge in [-0.3, -0.25) is 9.59 Å². The van der Waals surface area contributed by atoms with E-state index in [1.165, 1.54) is 21.1 Å². The number of carbonyl (C=O) groups is 2. The number of morpholine rings is 1. The van der Waals surface area contributed by atoms with Gasteiger partial charge in [0, 0.05) is 12.1 Å². The number of allylic oxidation sites excluding steroid dienone is 1. The lowest BCUT2D eigenvalue weighted by atomic mass is 10.1. The summed E-state index contributed by atoms with van der Waals surface area (Å²) in [6, 6.07) is 3.32. The number of hydrogen-bond acceptors (Lipinski definition) is 6. The Morgan fingerprint density at radius 2 is 1.96 bits per heavy atom. The van der Waals surface area contributed by atoms with E-state index in [4.69, 9.17) is 18.9 Å². The van der Waals surface area contributed by atoms with E-state index in [-0.39, 0.29) is 24.4 Å². The normalized spacial score (nSPS) is 17.2. The van der Waals surface area contributed by atoms with Crippen molar-refractivity contribution in [3.05, 3.63) is 29.3 Å². The third kappa shape index (κ3) is 5.04. The molecule has 1 aliphatic heterocycles. The molecule has 1 aliphatic rings. The van der Waals surface area contributed by atoms with Crippen LogP contribution in [0, 0.1) is 0 Å². The molecule has 154 valence electrons. The lowest BCUT2D eigenvalue weighted by molar-refractivity contribution is -0.135. The largest absolute Gasteiger partial charge is 0.493 e. The second-order valence-electron chi connectivity index (χ2n) is 6.58. The van der Waals surface area contributed by atoms with E-state index in [1.807, 2.05) is 19.9 Å². The first-order valence-electron chi connectivity index (χ1n) is 9.39. The van der Waals surface area contributed by atoms with Gasteiger partial charge in [-0.2, -0.15) is 0 Å². The molecule has 7 heteroatoms. The van der Waals surface area contributed by atoms with Crippen molar-refractivity contribution in [2.75, 3.05) is 40.5 Å². The second kappa shape index (κ2) is 10.1. The van der Waals surface area contributed by atoms with Gasteiger partial charge in [-0.15, -0.1) is 0 Å². The van der Waals surface area contributed by atoms with Crippen molar-refractivity contribution in [1.82, 2.24) is 4.90 Å². The van der Waals surface area contributed by atoms with Crippen LogP contribution in [0.2, 0.25) is 0 Å². The van der Waals surface area contributed by atoms with Crippen molar-refractivity contribution in [2.24, 2.45) is 0 Å². The first kappa shape index (κ1) is 21.8. The van der Waals surface area contributed by atoms with Crippen molar-refractivity contribution in [2.45, 2.75) is 33.3 Å². The molecule has 7 nitrogen and oxygen atoms in total. The average molecular weight is 391 g/mol. The highest BCUT2D eigenvalue weighted by Crippen LogP contribution is 2.40. The van der Waals surface area contributed by atoms with Gasteiger partial charge in [0.05, 0.1) is 32.9 Å². The number of hydrogen-bond donors (Lipinski definition) is 0. The fourth-order valence-electron chi connectivity index (χ4n) is 3.14. The molecular formula is C21H29NO6. The van der Waals surface area contributed by atoms with Gasteiger partial charge < -0.3 is 23.8 Å². The van der Waals surface area contributed by atoms with Crippen molar-refractivity contribution in [3.63, 3.8) is 0 Å². The molecule has 0 N–H and O–H groups in total. The number of methoxy groups -OCH3 is 2. The highest BCUT2D eigenvalue weighted by Gasteiger charge is 2.27. The van der Waals surface area contributed by atoms with Crippen molar-refractivity contribution in [1.29, 1.82) is 0 Å². The van der Waals surface area contributed by atoms with Gasteiger partial charge in [-0.05, 0) is 32.4 Å². The number of ether oxygens (including phenoxy) is 4. The zero-order chi connectivity index (χ0) is 20.7. The van der Waals surface area contributed by atoms with Gasteiger partial charge in [0.1, 0.15) is 12.7 Å². The Morgan fingerprint density at radius 3 is 2.57 bits per heavy atom. The van der Waals surface area contributed by atoms with Crippen molar-refractivity contribution in [3.8, 4) is 17.2 Å². The highest BCUT2D eigenvalue weighted by atomic mass is 16.6. The Kier molecular flexibility index (Phi) is 7.87. The number of rotatable bonds is 8. The lowest BCUT2D eigenvalue weighted by Gasteiger charge is -2.33. The quantitative estimate of drug-likeness (QED) is 0.501. The van der Waals surface area contributed by atoms with Crippen LogP contribution in [-0.4, -0.2) is 63.2 Å².